The largest absolute Gasteiger partial charge is 0.480 e. The molecule has 45 heteroatoms. The Labute approximate surface area is 727 Å². The number of halogens is 15. The minimum absolute atomic E-state index is 0.0115. The summed E-state index contributed by atoms with van der Waals surface area (Å²) in [5.41, 5.74) is 6.43. The fraction of sp³-hybridized carbons (Fsp3) is 0.365. The number of ketones is 1. The number of hydrogen-bond donors (Lipinski definition) is 10. The maximum Gasteiger partial charge on any atom is 0.407 e. The molecule has 0 saturated carbocycles. The minimum Gasteiger partial charge on any atom is -0.480 e. The molecule has 11 N–H and O–H groups in total. The topological polar surface area (TPSA) is 446 Å². The van der Waals surface area contributed by atoms with Gasteiger partial charge < -0.3 is 90.6 Å². The predicted octanol–water partition coefficient (Wildman–Crippen LogP) is 11.0. The molecule has 0 spiro atoms. The second kappa shape index (κ2) is 49.9. The first-order valence-electron chi connectivity index (χ1n) is 39.2. The Balaban J connectivity index is 0.000000333. The van der Waals surface area contributed by atoms with Crippen LogP contribution in [0.3, 0.4) is 0 Å². The SMILES string of the molecule is NCCOCC(=O)O.O=C(CCC(CCC(=O)Oc1c(F)c(F)c(F)c(F)c1F)(CCC(=O)Oc1c(F)c(F)c(F)c(F)c1F)NC(=O)OCC1c2ccccc2-c2ccccc21)Cc1c(F)c(F)c(F)c(F)c1F.O=C(O)COCCNC(=O)CCC(CCC(=O)NCCOCC(=O)O)(CCC(=O)NCCOCC(=O)O)NC(=O)OCC1c2ccccc2-c2ccccc21. The van der Waals surface area contributed by atoms with Gasteiger partial charge in [-0.15, -0.1) is 0 Å². The third kappa shape index (κ3) is 29.6. The number of carbonyl (C=O) groups excluding carboxylic acids is 8. The third-order valence-electron chi connectivity index (χ3n) is 19.7. The maximum atomic E-state index is 14.6. The zero-order valence-electron chi connectivity index (χ0n) is 68.2. The van der Waals surface area contributed by atoms with Crippen molar-refractivity contribution in [1.29, 1.82) is 0 Å². The minimum atomic E-state index is -2.64. The van der Waals surface area contributed by atoms with E-state index in [4.69, 9.17) is 49.8 Å². The van der Waals surface area contributed by atoms with Crippen LogP contribution >= 0.6 is 0 Å². The van der Waals surface area contributed by atoms with Crippen LogP contribution in [0.5, 0.6) is 11.5 Å². The number of rotatable bonds is 47. The van der Waals surface area contributed by atoms with E-state index in [0.717, 1.165) is 33.4 Å². The van der Waals surface area contributed by atoms with Gasteiger partial charge in [-0.1, -0.05) is 97.1 Å². The second-order valence-electron chi connectivity index (χ2n) is 28.6. The Morgan fingerprint density at radius 2 is 0.585 bits per heavy atom. The summed E-state index contributed by atoms with van der Waals surface area (Å²) in [5.74, 6) is -54.3. The first kappa shape index (κ1) is 104. The van der Waals surface area contributed by atoms with Gasteiger partial charge in [0.05, 0.1) is 26.4 Å². The van der Waals surface area contributed by atoms with Crippen LogP contribution in [0.2, 0.25) is 0 Å². The highest BCUT2D eigenvalue weighted by Crippen LogP contribution is 2.47. The first-order chi connectivity index (χ1) is 61.7. The van der Waals surface area contributed by atoms with Gasteiger partial charge in [0.15, 0.2) is 23.3 Å². The molecule has 7 aromatic rings. The van der Waals surface area contributed by atoms with Crippen molar-refractivity contribution in [2.24, 2.45) is 5.73 Å². The molecule has 0 unspecified atom stereocenters. The van der Waals surface area contributed by atoms with Gasteiger partial charge in [-0.3, -0.25) is 28.8 Å². The molecule has 0 atom stereocenters. The lowest BCUT2D eigenvalue weighted by atomic mass is 9.82. The summed E-state index contributed by atoms with van der Waals surface area (Å²) in [6.07, 6.45) is -11.3. The number of carbonyl (C=O) groups is 12. The fourth-order valence-electron chi connectivity index (χ4n) is 13.5. The first-order valence-corrected chi connectivity index (χ1v) is 39.2. The number of alkyl carbamates (subject to hydrolysis) is 2. The van der Waals surface area contributed by atoms with Gasteiger partial charge in [-0.25, -0.2) is 77.1 Å². The highest BCUT2D eigenvalue weighted by atomic mass is 19.2. The molecule has 9 rings (SSSR count). The average molecular weight is 1860 g/mol. The van der Waals surface area contributed by atoms with Crippen LogP contribution in [0.25, 0.3) is 22.3 Å². The van der Waals surface area contributed by atoms with Crippen LogP contribution in [0.1, 0.15) is 117 Å². The van der Waals surface area contributed by atoms with E-state index in [1.54, 1.807) is 48.5 Å². The Morgan fingerprint density at radius 3 is 0.869 bits per heavy atom. The average Bonchev–Trinajstić information content (AvgIpc) is 1.61. The zero-order valence-corrected chi connectivity index (χ0v) is 68.2. The smallest absolute Gasteiger partial charge is 0.407 e. The number of amides is 5. The van der Waals surface area contributed by atoms with Gasteiger partial charge in [-0.05, 0) is 83.0 Å². The summed E-state index contributed by atoms with van der Waals surface area (Å²) in [5, 5.41) is 47.2. The molecule has 5 amide bonds. The van der Waals surface area contributed by atoms with E-state index in [1.165, 1.54) is 0 Å². The lowest BCUT2D eigenvalue weighted by molar-refractivity contribution is -0.143. The van der Waals surface area contributed by atoms with E-state index < -0.39 is 264 Å². The van der Waals surface area contributed by atoms with E-state index >= 15 is 0 Å². The number of benzene rings is 7. The van der Waals surface area contributed by atoms with Crippen LogP contribution in [0.4, 0.5) is 75.4 Å². The van der Waals surface area contributed by atoms with Gasteiger partial charge in [0.1, 0.15) is 45.4 Å². The molecule has 0 bridgehead atoms. The summed E-state index contributed by atoms with van der Waals surface area (Å²) >= 11 is 0. The number of hydrogen-bond acceptors (Lipinski definition) is 21. The Hall–Kier alpha value is -13.3. The van der Waals surface area contributed by atoms with Crippen LogP contribution in [0, 0.1) is 87.3 Å². The normalized spacial score (nSPS) is 11.8. The van der Waals surface area contributed by atoms with E-state index in [1.807, 2.05) is 48.5 Å². The summed E-state index contributed by atoms with van der Waals surface area (Å²) < 4.78 is 251. The standard InChI is InChI=1S/C44H26F15NO7.C37H48N4O14.C4H9NO3/c45-26-22(27(46)29(48)30(49)28(26)47)15-17(61)9-12-44(13-10-24(62)66-41-37(56)33(52)31(50)34(53)38(41)57,14-11-25(63)67-42-39(58)35(54)32(51)36(55)40(42)59)60-43(64)65-16-23-20-7-3-1-5-18(20)19-6-2-4-8-21(19)23;42-30(38-15-18-52-22-33(45)46)9-12-37(13-10-31(43)39-16-19-53-23-34(47)48,14-11-32(44)40-17-20-54-24-35(49)50)41-36(51)55-21-29-27-7-3-1-5-25(27)26-6-2-4-8-28(26)29;5-1-2-8-3-4(6)7/h1-8,23H,9-16H2,(H,60,64);1-8,29H,9-24H2,(H,38,42)(H,39,43)(H,40,44)(H,41,51)(H,45,46)(H,47,48)(H,49,50);1-3,5H2,(H,6,7). The highest BCUT2D eigenvalue weighted by Gasteiger charge is 2.41. The number of aliphatic carboxylic acids is 4. The molecule has 2 aliphatic rings. The number of nitrogens with one attached hydrogen (secondary N) is 5. The molecule has 0 saturated heterocycles. The Morgan fingerprint density at radius 1 is 0.331 bits per heavy atom. The van der Waals surface area contributed by atoms with Crippen molar-refractivity contribution >= 4 is 71.5 Å². The molecule has 30 nitrogen and oxygen atoms in total. The molecule has 0 fully saturated rings. The van der Waals surface area contributed by atoms with Crippen molar-refractivity contribution in [3.05, 3.63) is 212 Å². The number of carboxylic acid groups (broad SMARTS) is 4. The van der Waals surface area contributed by atoms with Crippen LogP contribution in [-0.4, -0.2) is 195 Å². The quantitative estimate of drug-likeness (QED) is 0.00423. The third-order valence-corrected chi connectivity index (χ3v) is 19.7. The van der Waals surface area contributed by atoms with Crippen molar-refractivity contribution in [2.75, 3.05) is 92.2 Å². The molecule has 702 valence electrons. The van der Waals surface area contributed by atoms with Gasteiger partial charge in [-0.2, -0.15) is 17.6 Å². The number of carboxylic acids is 4. The number of nitrogens with two attached hydrogens (primary N) is 1. The number of ether oxygens (including phenoxy) is 8. The van der Waals surface area contributed by atoms with E-state index in [2.05, 4.69) is 40.8 Å². The van der Waals surface area contributed by atoms with E-state index in [-0.39, 0.29) is 97.1 Å². The van der Waals surface area contributed by atoms with Crippen molar-refractivity contribution in [1.82, 2.24) is 26.6 Å². The monoisotopic (exact) mass is 1860 g/mol. The lowest BCUT2D eigenvalue weighted by Crippen LogP contribution is -2.51. The molecule has 0 aliphatic heterocycles. The van der Waals surface area contributed by atoms with Crippen molar-refractivity contribution < 1.29 is 182 Å². The Kier molecular flexibility index (Phi) is 39.8. The molecule has 0 heterocycles. The molecule has 130 heavy (non-hydrogen) atoms. The van der Waals surface area contributed by atoms with Gasteiger partial charge >= 0.3 is 48.0 Å². The summed E-state index contributed by atoms with van der Waals surface area (Å²) in [7, 11) is 0. The van der Waals surface area contributed by atoms with Crippen molar-refractivity contribution in [3.63, 3.8) is 0 Å². The summed E-state index contributed by atoms with van der Waals surface area (Å²) in [6, 6.07) is 29.3. The second-order valence-corrected chi connectivity index (χ2v) is 28.6. The predicted molar refractivity (Wildman–Crippen MR) is 418 cm³/mol. The van der Waals surface area contributed by atoms with Gasteiger partial charge in [0, 0.05) is 99.6 Å². The summed E-state index contributed by atoms with van der Waals surface area (Å²) in [6.45, 7) is -1.85. The molecule has 0 aromatic heterocycles. The number of Topliss-reactive ketones (excluding diaryl/α,β-unsaturated/α-hetero) is 1. The van der Waals surface area contributed by atoms with Gasteiger partial charge in [0.25, 0.3) is 0 Å². The molecule has 2 aliphatic carbocycles. The van der Waals surface area contributed by atoms with E-state index in [0.29, 0.717) is 24.3 Å². The number of fused-ring (bicyclic) bond motifs is 6. The summed E-state index contributed by atoms with van der Waals surface area (Å²) in [4.78, 5) is 147. The molecular formula is C85H83F15N6O24. The van der Waals surface area contributed by atoms with Crippen LogP contribution < -0.4 is 41.8 Å². The molecular weight excluding hydrogens is 1770 g/mol. The van der Waals surface area contributed by atoms with Crippen LogP contribution in [-0.2, 0) is 82.8 Å². The lowest BCUT2D eigenvalue weighted by Gasteiger charge is -2.35. The van der Waals surface area contributed by atoms with Crippen LogP contribution in [0.15, 0.2) is 97.1 Å². The number of esters is 2. The Bertz CT molecular complexity index is 4800. The maximum absolute atomic E-state index is 14.6. The highest BCUT2D eigenvalue weighted by molar-refractivity contribution is 5.84. The zero-order chi connectivity index (χ0) is 95.7. The molecule has 0 radical (unpaired) electrons. The van der Waals surface area contributed by atoms with E-state index in [9.17, 15) is 123 Å². The fourth-order valence-corrected chi connectivity index (χ4v) is 13.5. The molecule has 7 aromatic carbocycles. The van der Waals surface area contributed by atoms with Gasteiger partial charge in [0.2, 0.25) is 93.2 Å². The van der Waals surface area contributed by atoms with Crippen molar-refractivity contribution in [2.45, 2.75) is 106 Å². The van der Waals surface area contributed by atoms with Crippen molar-refractivity contribution in [3.8, 4) is 33.8 Å².